The molecular weight excluding hydrogens is 517 g/mol. The fourth-order valence-corrected chi connectivity index (χ4v) is 4.88. The van der Waals surface area contributed by atoms with Crippen LogP contribution < -0.4 is 14.2 Å². The van der Waals surface area contributed by atoms with Crippen molar-refractivity contribution in [2.24, 2.45) is 0 Å². The van der Waals surface area contributed by atoms with Gasteiger partial charge in [0, 0.05) is 0 Å². The maximum Gasteiger partial charge on any atom is 0.339 e. The Hall–Kier alpha value is -2.05. The highest BCUT2D eigenvalue weighted by Crippen LogP contribution is 2.37. The number of amides is 2. The molecule has 1 heterocycles. The van der Waals surface area contributed by atoms with Crippen LogP contribution in [0.2, 0.25) is 0 Å². The van der Waals surface area contributed by atoms with E-state index in [1.165, 1.54) is 18.2 Å². The van der Waals surface area contributed by atoms with Gasteiger partial charge in [-0.25, -0.2) is 0 Å². The van der Waals surface area contributed by atoms with Gasteiger partial charge in [0.25, 0.3) is 11.1 Å². The van der Waals surface area contributed by atoms with E-state index in [2.05, 4.69) is 5.32 Å². The van der Waals surface area contributed by atoms with Crippen LogP contribution in [-0.2, 0) is 14.9 Å². The summed E-state index contributed by atoms with van der Waals surface area (Å²) in [7, 11) is -4.04. The molecule has 0 spiro atoms. The van der Waals surface area contributed by atoms with Crippen LogP contribution in [0, 0.1) is 3.57 Å². The predicted octanol–water partition coefficient (Wildman–Crippen LogP) is 3.78. The Balaban J connectivity index is 1.99. The Morgan fingerprint density at radius 2 is 1.89 bits per heavy atom. The first-order valence-electron chi connectivity index (χ1n) is 8.01. The summed E-state index contributed by atoms with van der Waals surface area (Å²) in [6.45, 7) is 2.04. The summed E-state index contributed by atoms with van der Waals surface area (Å²) in [5.74, 6) is -0.196. The Labute approximate surface area is 179 Å². The fraction of sp³-hybridized carbons (Fsp3) is 0.111. The first kappa shape index (κ1) is 20.7. The van der Waals surface area contributed by atoms with Crippen molar-refractivity contribution < 1.29 is 26.9 Å². The van der Waals surface area contributed by atoms with Gasteiger partial charge in [-0.1, -0.05) is 18.2 Å². The average Bonchev–Trinajstić information content (AvgIpc) is 2.96. The second-order valence-corrected chi connectivity index (χ2v) is 9.19. The number of rotatable bonds is 6. The molecule has 0 atom stereocenters. The van der Waals surface area contributed by atoms with E-state index in [-0.39, 0.29) is 27.9 Å². The lowest BCUT2D eigenvalue weighted by molar-refractivity contribution is -0.115. The number of hydrogen-bond donors (Lipinski definition) is 1. The molecule has 2 amide bonds. The fourth-order valence-electron chi connectivity index (χ4n) is 2.33. The predicted molar refractivity (Wildman–Crippen MR) is 114 cm³/mol. The first-order chi connectivity index (χ1) is 13.3. The maximum absolute atomic E-state index is 12.6. The first-order valence-corrected chi connectivity index (χ1v) is 11.3. The molecule has 1 N–H and O–H groups in total. The molecule has 0 saturated carbocycles. The van der Waals surface area contributed by atoms with Gasteiger partial charge in [-0.2, -0.15) is 8.42 Å². The van der Waals surface area contributed by atoms with Gasteiger partial charge >= 0.3 is 10.1 Å². The van der Waals surface area contributed by atoms with Crippen LogP contribution in [0.4, 0.5) is 4.79 Å². The molecule has 0 bridgehead atoms. The standard InChI is InChI=1S/C18H14INO6S2/c1-2-25-14-9-11(10-15-17(21)20-18(22)27-15)8-13(19)16(14)26-28(23,24)12-6-4-3-5-7-12/h3-10H,2H2,1H3,(H,20,21,22)/b15-10-. The Kier molecular flexibility index (Phi) is 6.30. The molecule has 3 rings (SSSR count). The van der Waals surface area contributed by atoms with E-state index < -0.39 is 21.3 Å². The Morgan fingerprint density at radius 1 is 1.18 bits per heavy atom. The maximum atomic E-state index is 12.6. The lowest BCUT2D eigenvalue weighted by Crippen LogP contribution is -2.17. The monoisotopic (exact) mass is 531 g/mol. The molecule has 1 aliphatic heterocycles. The zero-order chi connectivity index (χ0) is 20.3. The van der Waals surface area contributed by atoms with Crippen molar-refractivity contribution in [3.05, 3.63) is 56.5 Å². The highest BCUT2D eigenvalue weighted by Gasteiger charge is 2.26. The van der Waals surface area contributed by atoms with E-state index in [1.54, 1.807) is 37.3 Å². The van der Waals surface area contributed by atoms with Crippen molar-refractivity contribution in [2.75, 3.05) is 6.61 Å². The van der Waals surface area contributed by atoms with E-state index in [4.69, 9.17) is 8.92 Å². The van der Waals surface area contributed by atoms with Gasteiger partial charge in [0.05, 0.1) is 15.1 Å². The van der Waals surface area contributed by atoms with Crippen LogP contribution >= 0.6 is 34.4 Å². The third-order valence-corrected chi connectivity index (χ3v) is 6.34. The summed E-state index contributed by atoms with van der Waals surface area (Å²) in [6.07, 6.45) is 1.53. The number of carbonyl (C=O) groups excluding carboxylic acids is 2. The molecule has 0 unspecified atom stereocenters. The number of hydrogen-bond acceptors (Lipinski definition) is 7. The summed E-state index contributed by atoms with van der Waals surface area (Å²) < 4.78 is 36.5. The van der Waals surface area contributed by atoms with Gasteiger partial charge < -0.3 is 8.92 Å². The van der Waals surface area contributed by atoms with Crippen LogP contribution in [-0.4, -0.2) is 26.2 Å². The van der Waals surface area contributed by atoms with Gasteiger partial charge in [0.2, 0.25) is 0 Å². The van der Waals surface area contributed by atoms with Crippen molar-refractivity contribution in [3.63, 3.8) is 0 Å². The molecule has 2 aromatic rings. The zero-order valence-electron chi connectivity index (χ0n) is 14.5. The minimum absolute atomic E-state index is 0.0250. The van der Waals surface area contributed by atoms with Crippen LogP contribution in [0.25, 0.3) is 6.08 Å². The summed E-state index contributed by atoms with van der Waals surface area (Å²) in [5.41, 5.74) is 0.574. The molecule has 146 valence electrons. The van der Waals surface area contributed by atoms with E-state index in [1.807, 2.05) is 22.6 Å². The molecule has 10 heteroatoms. The van der Waals surface area contributed by atoms with Crippen molar-refractivity contribution in [3.8, 4) is 11.5 Å². The van der Waals surface area contributed by atoms with Gasteiger partial charge in [-0.3, -0.25) is 14.9 Å². The van der Waals surface area contributed by atoms with Crippen molar-refractivity contribution >= 4 is 61.7 Å². The molecule has 1 fully saturated rings. The highest BCUT2D eigenvalue weighted by atomic mass is 127. The van der Waals surface area contributed by atoms with Crippen LogP contribution in [0.15, 0.2) is 52.3 Å². The van der Waals surface area contributed by atoms with Crippen molar-refractivity contribution in [1.29, 1.82) is 0 Å². The number of benzene rings is 2. The molecular formula is C18H14INO6S2. The molecule has 1 aliphatic rings. The number of halogens is 1. The molecule has 28 heavy (non-hydrogen) atoms. The van der Waals surface area contributed by atoms with Gasteiger partial charge in [0.15, 0.2) is 11.5 Å². The Morgan fingerprint density at radius 3 is 2.50 bits per heavy atom. The SMILES string of the molecule is CCOc1cc(/C=C2\SC(=O)NC2=O)cc(I)c1OS(=O)(=O)c1ccccc1. The summed E-state index contributed by atoms with van der Waals surface area (Å²) in [6, 6.07) is 11.0. The third kappa shape index (κ3) is 4.67. The lowest BCUT2D eigenvalue weighted by atomic mass is 10.2. The molecule has 7 nitrogen and oxygen atoms in total. The molecule has 0 aliphatic carbocycles. The van der Waals surface area contributed by atoms with Crippen LogP contribution in [0.3, 0.4) is 0 Å². The molecule has 0 radical (unpaired) electrons. The van der Waals surface area contributed by atoms with Crippen LogP contribution in [0.1, 0.15) is 12.5 Å². The lowest BCUT2D eigenvalue weighted by Gasteiger charge is -2.14. The van der Waals surface area contributed by atoms with Gasteiger partial charge in [0.1, 0.15) is 4.90 Å². The zero-order valence-corrected chi connectivity index (χ0v) is 18.3. The number of nitrogens with one attached hydrogen (secondary N) is 1. The van der Waals surface area contributed by atoms with E-state index in [0.29, 0.717) is 9.13 Å². The van der Waals surface area contributed by atoms with Gasteiger partial charge in [-0.05, 0) is 77.2 Å². The largest absolute Gasteiger partial charge is 0.490 e. The minimum atomic E-state index is -4.04. The number of ether oxygens (including phenoxy) is 1. The molecule has 0 aromatic heterocycles. The second-order valence-electron chi connectivity index (χ2n) is 5.47. The van der Waals surface area contributed by atoms with Crippen molar-refractivity contribution in [1.82, 2.24) is 5.32 Å². The summed E-state index contributed by atoms with van der Waals surface area (Å²) >= 11 is 2.73. The number of carbonyl (C=O) groups is 2. The Bertz CT molecular complexity index is 1070. The smallest absolute Gasteiger partial charge is 0.339 e. The summed E-state index contributed by atoms with van der Waals surface area (Å²) in [5, 5.41) is 1.74. The third-order valence-electron chi connectivity index (χ3n) is 3.50. The van der Waals surface area contributed by atoms with E-state index in [9.17, 15) is 18.0 Å². The highest BCUT2D eigenvalue weighted by molar-refractivity contribution is 14.1. The number of imide groups is 1. The number of thioether (sulfide) groups is 1. The van der Waals surface area contributed by atoms with E-state index >= 15 is 0 Å². The van der Waals surface area contributed by atoms with Gasteiger partial charge in [-0.15, -0.1) is 0 Å². The topological polar surface area (TPSA) is 98.8 Å². The second kappa shape index (κ2) is 8.53. The average molecular weight is 531 g/mol. The van der Waals surface area contributed by atoms with Crippen molar-refractivity contribution in [2.45, 2.75) is 11.8 Å². The normalized spacial score (nSPS) is 15.6. The molecule has 2 aromatic carbocycles. The van der Waals surface area contributed by atoms with E-state index in [0.717, 1.165) is 11.8 Å². The molecule has 1 saturated heterocycles. The minimum Gasteiger partial charge on any atom is -0.490 e. The van der Waals surface area contributed by atoms with Crippen LogP contribution in [0.5, 0.6) is 11.5 Å². The quantitative estimate of drug-likeness (QED) is 0.344. The summed E-state index contributed by atoms with van der Waals surface area (Å²) in [4.78, 5) is 23.3.